The second-order valence-electron chi connectivity index (χ2n) is 4.85. The van der Waals surface area contributed by atoms with Crippen molar-refractivity contribution >= 4 is 0 Å². The molecule has 0 saturated heterocycles. The van der Waals surface area contributed by atoms with Crippen LogP contribution in [0.3, 0.4) is 0 Å². The summed E-state index contributed by atoms with van der Waals surface area (Å²) in [6.45, 7) is 7.36. The maximum atomic E-state index is 5.37. The third kappa shape index (κ3) is 2.28. The van der Waals surface area contributed by atoms with Crippen molar-refractivity contribution < 1.29 is 0 Å². The fraction of sp³-hybridized carbons (Fsp3) is 0.467. The van der Waals surface area contributed by atoms with Crippen molar-refractivity contribution in [2.75, 3.05) is 13.1 Å². The summed E-state index contributed by atoms with van der Waals surface area (Å²) in [7, 11) is 0. The fourth-order valence-electron chi connectivity index (χ4n) is 2.26. The largest absolute Gasteiger partial charge is 0.288 e. The topological polar surface area (TPSA) is 3.24 Å². The van der Waals surface area contributed by atoms with E-state index in [-0.39, 0.29) is 0 Å². The first kappa shape index (κ1) is 11.2. The van der Waals surface area contributed by atoms with Gasteiger partial charge in [-0.05, 0) is 29.0 Å². The number of hydrogen-bond acceptors (Lipinski definition) is 1. The van der Waals surface area contributed by atoms with E-state index in [0.717, 1.165) is 26.1 Å². The molecule has 2 rings (SSSR count). The number of benzene rings is 1. The van der Waals surface area contributed by atoms with Gasteiger partial charge in [0.25, 0.3) is 0 Å². The molecule has 84 valence electrons. The molecule has 0 amide bonds. The van der Waals surface area contributed by atoms with E-state index >= 15 is 0 Å². The van der Waals surface area contributed by atoms with Crippen LogP contribution in [0.2, 0.25) is 0 Å². The molecule has 0 radical (unpaired) electrons. The molecule has 1 aliphatic rings. The minimum Gasteiger partial charge on any atom is -0.288 e. The summed E-state index contributed by atoms with van der Waals surface area (Å²) in [4.78, 5) is 2.34. The molecule has 0 unspecified atom stereocenters. The monoisotopic (exact) mass is 213 g/mol. The Morgan fingerprint density at radius 1 is 1.38 bits per heavy atom. The molecular formula is C15H19N. The van der Waals surface area contributed by atoms with E-state index < -0.39 is 0 Å². The minimum atomic E-state index is 0.605. The van der Waals surface area contributed by atoms with Gasteiger partial charge < -0.3 is 0 Å². The molecule has 0 saturated carbocycles. The van der Waals surface area contributed by atoms with Crippen molar-refractivity contribution in [1.29, 1.82) is 0 Å². The van der Waals surface area contributed by atoms with Crippen LogP contribution in [0.4, 0.5) is 0 Å². The third-order valence-corrected chi connectivity index (χ3v) is 3.30. The van der Waals surface area contributed by atoms with Crippen molar-refractivity contribution in [2.45, 2.75) is 32.7 Å². The van der Waals surface area contributed by atoms with Gasteiger partial charge in [-0.1, -0.05) is 38.0 Å². The lowest BCUT2D eigenvalue weighted by molar-refractivity contribution is 0.286. The molecule has 0 aliphatic carbocycles. The lowest BCUT2D eigenvalue weighted by atomic mass is 9.93. The van der Waals surface area contributed by atoms with Crippen LogP contribution in [0.1, 0.15) is 36.5 Å². The number of terminal acetylenes is 1. The van der Waals surface area contributed by atoms with Crippen molar-refractivity contribution in [3.8, 4) is 12.3 Å². The van der Waals surface area contributed by atoms with Gasteiger partial charge in [0.1, 0.15) is 0 Å². The van der Waals surface area contributed by atoms with Crippen LogP contribution in [0.5, 0.6) is 0 Å². The number of fused-ring (bicyclic) bond motifs is 1. The van der Waals surface area contributed by atoms with Gasteiger partial charge in [0.15, 0.2) is 0 Å². The zero-order valence-corrected chi connectivity index (χ0v) is 10.2. The van der Waals surface area contributed by atoms with Crippen LogP contribution < -0.4 is 0 Å². The van der Waals surface area contributed by atoms with E-state index in [4.69, 9.17) is 6.42 Å². The second-order valence-corrected chi connectivity index (χ2v) is 4.85. The quantitative estimate of drug-likeness (QED) is 0.683. The molecule has 1 aromatic carbocycles. The summed E-state index contributed by atoms with van der Waals surface area (Å²) in [5, 5.41) is 0. The second kappa shape index (κ2) is 4.72. The van der Waals surface area contributed by atoms with Crippen molar-refractivity contribution in [2.24, 2.45) is 0 Å². The molecule has 1 aliphatic heterocycles. The van der Waals surface area contributed by atoms with E-state index in [1.807, 2.05) is 0 Å². The summed E-state index contributed by atoms with van der Waals surface area (Å²) >= 11 is 0. The minimum absolute atomic E-state index is 0.605. The Bertz CT molecular complexity index is 412. The Balaban J connectivity index is 2.22. The highest BCUT2D eigenvalue weighted by molar-refractivity contribution is 5.35. The first-order chi connectivity index (χ1) is 7.70. The average molecular weight is 213 g/mol. The van der Waals surface area contributed by atoms with E-state index in [9.17, 15) is 0 Å². The summed E-state index contributed by atoms with van der Waals surface area (Å²) in [6, 6.07) is 6.90. The Hall–Kier alpha value is -1.26. The molecule has 0 atom stereocenters. The highest BCUT2D eigenvalue weighted by Gasteiger charge is 2.15. The maximum Gasteiger partial charge on any atom is 0.0601 e. The van der Waals surface area contributed by atoms with Crippen LogP contribution in [0.25, 0.3) is 0 Å². The summed E-state index contributed by atoms with van der Waals surface area (Å²) < 4.78 is 0. The van der Waals surface area contributed by atoms with Crippen LogP contribution in [-0.4, -0.2) is 18.0 Å². The number of hydrogen-bond donors (Lipinski definition) is 0. The first-order valence-electron chi connectivity index (χ1n) is 5.98. The van der Waals surface area contributed by atoms with E-state index in [1.54, 1.807) is 0 Å². The van der Waals surface area contributed by atoms with Gasteiger partial charge in [0, 0.05) is 13.1 Å². The molecule has 0 N–H and O–H groups in total. The highest BCUT2D eigenvalue weighted by Crippen LogP contribution is 2.23. The number of nitrogens with zero attached hydrogens (tertiary/aromatic N) is 1. The average Bonchev–Trinajstić information content (AvgIpc) is 2.28. The van der Waals surface area contributed by atoms with Gasteiger partial charge in [-0.25, -0.2) is 0 Å². The van der Waals surface area contributed by atoms with Gasteiger partial charge in [0.2, 0.25) is 0 Å². The maximum absolute atomic E-state index is 5.37. The molecular weight excluding hydrogens is 194 g/mol. The van der Waals surface area contributed by atoms with Gasteiger partial charge in [0.05, 0.1) is 6.54 Å². The van der Waals surface area contributed by atoms with Crippen molar-refractivity contribution in [1.82, 2.24) is 4.90 Å². The lowest BCUT2D eigenvalue weighted by Gasteiger charge is -2.27. The van der Waals surface area contributed by atoms with Crippen molar-refractivity contribution in [3.05, 3.63) is 34.9 Å². The molecule has 1 aromatic rings. The molecule has 0 aromatic heterocycles. The predicted octanol–water partition coefficient (Wildman–Crippen LogP) is 2.80. The Labute approximate surface area is 98.5 Å². The normalized spacial score (nSPS) is 15.9. The molecule has 1 nitrogen and oxygen atoms in total. The Morgan fingerprint density at radius 2 is 2.19 bits per heavy atom. The van der Waals surface area contributed by atoms with E-state index in [1.165, 1.54) is 16.7 Å². The molecule has 1 heteroatoms. The molecule has 0 spiro atoms. The van der Waals surface area contributed by atoms with E-state index in [2.05, 4.69) is 42.9 Å². The number of rotatable bonds is 2. The van der Waals surface area contributed by atoms with Gasteiger partial charge in [-0.2, -0.15) is 0 Å². The molecule has 0 fully saturated rings. The van der Waals surface area contributed by atoms with Gasteiger partial charge >= 0.3 is 0 Å². The van der Waals surface area contributed by atoms with Gasteiger partial charge in [-0.15, -0.1) is 6.42 Å². The summed E-state index contributed by atoms with van der Waals surface area (Å²) in [5.41, 5.74) is 4.40. The highest BCUT2D eigenvalue weighted by atomic mass is 15.1. The standard InChI is InChI=1S/C15H19N/c1-4-8-16-9-7-13-5-6-14(12(2)3)10-15(13)11-16/h1,5-6,10,12H,7-9,11H2,2-3H3. The zero-order valence-electron chi connectivity index (χ0n) is 10.2. The predicted molar refractivity (Wildman–Crippen MR) is 68.3 cm³/mol. The Morgan fingerprint density at radius 3 is 2.88 bits per heavy atom. The third-order valence-electron chi connectivity index (χ3n) is 3.30. The SMILES string of the molecule is C#CCN1CCc2ccc(C(C)C)cc2C1. The summed E-state index contributed by atoms with van der Waals surface area (Å²) in [6.07, 6.45) is 6.50. The Kier molecular flexibility index (Phi) is 3.31. The smallest absolute Gasteiger partial charge is 0.0601 e. The van der Waals surface area contributed by atoms with Crippen LogP contribution >= 0.6 is 0 Å². The van der Waals surface area contributed by atoms with E-state index in [0.29, 0.717) is 5.92 Å². The fourth-order valence-corrected chi connectivity index (χ4v) is 2.26. The van der Waals surface area contributed by atoms with Crippen LogP contribution in [-0.2, 0) is 13.0 Å². The van der Waals surface area contributed by atoms with Crippen LogP contribution in [0.15, 0.2) is 18.2 Å². The van der Waals surface area contributed by atoms with Crippen LogP contribution in [0, 0.1) is 12.3 Å². The molecule has 0 bridgehead atoms. The lowest BCUT2D eigenvalue weighted by Crippen LogP contribution is -2.30. The molecule has 1 heterocycles. The first-order valence-corrected chi connectivity index (χ1v) is 5.98. The summed E-state index contributed by atoms with van der Waals surface area (Å²) in [5.74, 6) is 3.34. The molecule has 16 heavy (non-hydrogen) atoms. The van der Waals surface area contributed by atoms with Gasteiger partial charge in [-0.3, -0.25) is 4.90 Å². The van der Waals surface area contributed by atoms with Crippen molar-refractivity contribution in [3.63, 3.8) is 0 Å². The zero-order chi connectivity index (χ0) is 11.5.